The molecular weight excluding hydrogens is 441 g/mol. The monoisotopic (exact) mass is 466 g/mol. The summed E-state index contributed by atoms with van der Waals surface area (Å²) in [5.41, 5.74) is -0.184. The molecule has 30 heavy (non-hydrogen) atoms. The molecule has 1 N–H and O–H groups in total. The third-order valence-corrected chi connectivity index (χ3v) is 5.64. The van der Waals surface area contributed by atoms with E-state index in [-0.39, 0.29) is 22.6 Å². The first kappa shape index (κ1) is 24.7. The summed E-state index contributed by atoms with van der Waals surface area (Å²) in [4.78, 5) is 5.74. The number of oxime groups is 1. The number of hydrogen-bond donors (Lipinski definition) is 1. The van der Waals surface area contributed by atoms with Crippen molar-refractivity contribution in [3.05, 3.63) is 34.3 Å². The molecule has 168 valence electrons. The van der Waals surface area contributed by atoms with Gasteiger partial charge >= 0.3 is 16.7 Å². The van der Waals surface area contributed by atoms with Crippen LogP contribution in [-0.4, -0.2) is 20.2 Å². The summed E-state index contributed by atoms with van der Waals surface area (Å²) in [7, 11) is -2.61. The van der Waals surface area contributed by atoms with Crippen molar-refractivity contribution in [3.63, 3.8) is 0 Å². The van der Waals surface area contributed by atoms with Crippen LogP contribution in [0.1, 0.15) is 75.3 Å². The van der Waals surface area contributed by atoms with Crippen molar-refractivity contribution in [1.82, 2.24) is 0 Å². The molecule has 0 aliphatic heterocycles. The van der Waals surface area contributed by atoms with E-state index in [0.717, 1.165) is 63.9 Å². The van der Waals surface area contributed by atoms with Gasteiger partial charge in [0.2, 0.25) is 0 Å². The van der Waals surface area contributed by atoms with E-state index in [0.29, 0.717) is 5.71 Å². The molecule has 0 spiro atoms. The lowest BCUT2D eigenvalue weighted by Gasteiger charge is -2.26. The SMILES string of the molecule is FC(F)(F)c1ccc(Cl)cc1/C(=N/OC1CCCCC1)C1CCCCC1.N=S(=O)=O. The van der Waals surface area contributed by atoms with Crippen LogP contribution in [0.2, 0.25) is 5.02 Å². The lowest BCUT2D eigenvalue weighted by molar-refractivity contribution is -0.137. The first-order valence-electron chi connectivity index (χ1n) is 10.1. The number of alkyl halides is 3. The minimum absolute atomic E-state index is 0.00749. The molecule has 0 bridgehead atoms. The molecule has 2 aliphatic carbocycles. The number of benzene rings is 1. The Morgan fingerprint density at radius 2 is 1.57 bits per heavy atom. The zero-order chi connectivity index (χ0) is 22.1. The maximum absolute atomic E-state index is 13.6. The number of hydrogen-bond acceptors (Lipinski definition) is 5. The molecule has 0 aromatic heterocycles. The molecule has 0 heterocycles. The smallest absolute Gasteiger partial charge is 0.392 e. The molecule has 1 aromatic carbocycles. The van der Waals surface area contributed by atoms with Crippen molar-refractivity contribution in [2.75, 3.05) is 0 Å². The Hall–Kier alpha value is -1.61. The fourth-order valence-electron chi connectivity index (χ4n) is 4.00. The van der Waals surface area contributed by atoms with E-state index in [1.165, 1.54) is 18.6 Å². The maximum Gasteiger partial charge on any atom is 0.417 e. The first-order valence-corrected chi connectivity index (χ1v) is 11.5. The second-order valence-electron chi connectivity index (χ2n) is 7.60. The van der Waals surface area contributed by atoms with Crippen LogP contribution in [-0.2, 0) is 21.5 Å². The molecule has 2 aliphatic rings. The lowest BCUT2D eigenvalue weighted by Crippen LogP contribution is -2.24. The number of rotatable bonds is 4. The Morgan fingerprint density at radius 3 is 2.10 bits per heavy atom. The van der Waals surface area contributed by atoms with E-state index in [9.17, 15) is 13.2 Å². The van der Waals surface area contributed by atoms with E-state index in [2.05, 4.69) is 5.16 Å². The van der Waals surface area contributed by atoms with Gasteiger partial charge < -0.3 is 4.84 Å². The van der Waals surface area contributed by atoms with E-state index in [4.69, 9.17) is 29.6 Å². The molecule has 0 atom stereocenters. The summed E-state index contributed by atoms with van der Waals surface area (Å²) >= 11 is 6.04. The highest BCUT2D eigenvalue weighted by molar-refractivity contribution is 7.60. The van der Waals surface area contributed by atoms with Gasteiger partial charge in [0.1, 0.15) is 6.10 Å². The molecule has 0 amide bonds. The summed E-state index contributed by atoms with van der Waals surface area (Å²) in [6, 6.07) is 3.73. The summed E-state index contributed by atoms with van der Waals surface area (Å²) in [6.45, 7) is 0. The number of halogens is 4. The topological polar surface area (TPSA) is 79.6 Å². The van der Waals surface area contributed by atoms with Crippen molar-refractivity contribution >= 4 is 27.8 Å². The third kappa shape index (κ3) is 7.91. The second-order valence-corrected chi connectivity index (χ2v) is 8.51. The summed E-state index contributed by atoms with van der Waals surface area (Å²) in [5.74, 6) is -0.00749. The van der Waals surface area contributed by atoms with Gasteiger partial charge in [0, 0.05) is 16.5 Å². The largest absolute Gasteiger partial charge is 0.417 e. The molecule has 0 radical (unpaired) electrons. The number of nitrogens with one attached hydrogen (secondary N) is 1. The highest BCUT2D eigenvalue weighted by atomic mass is 35.5. The highest BCUT2D eigenvalue weighted by Crippen LogP contribution is 2.37. The van der Waals surface area contributed by atoms with Crippen LogP contribution in [0.5, 0.6) is 0 Å². The summed E-state index contributed by atoms with van der Waals surface area (Å²) in [5, 5.41) is 4.60. The van der Waals surface area contributed by atoms with E-state index < -0.39 is 22.2 Å². The molecule has 2 saturated carbocycles. The summed E-state index contributed by atoms with van der Waals surface area (Å²) < 4.78 is 63.5. The maximum atomic E-state index is 13.6. The fourth-order valence-corrected chi connectivity index (χ4v) is 4.17. The minimum Gasteiger partial charge on any atom is -0.392 e. The van der Waals surface area contributed by atoms with Crippen molar-refractivity contribution < 1.29 is 26.4 Å². The molecule has 10 heteroatoms. The number of nitrogens with zero attached hydrogens (tertiary/aromatic N) is 1. The van der Waals surface area contributed by atoms with Crippen molar-refractivity contribution in [2.45, 2.75) is 76.5 Å². The average Bonchev–Trinajstić information content (AvgIpc) is 2.68. The van der Waals surface area contributed by atoms with Gasteiger partial charge in [-0.15, -0.1) is 0 Å². The standard InChI is InChI=1S/C20H25ClF3NO.HNO2S/c21-15-11-12-18(20(22,23)24)17(13-15)19(14-7-3-1-4-8-14)25-26-16-9-5-2-6-10-16;1-4(2)3/h11-14,16H,1-10H2;1H/b25-19+;. The van der Waals surface area contributed by atoms with Crippen LogP contribution in [0.4, 0.5) is 13.2 Å². The Bertz CT molecular complexity index is 826. The lowest BCUT2D eigenvalue weighted by atomic mass is 9.82. The van der Waals surface area contributed by atoms with Crippen LogP contribution in [0.25, 0.3) is 0 Å². The molecule has 5 nitrogen and oxygen atoms in total. The predicted octanol–water partition coefficient (Wildman–Crippen LogP) is 6.62. The Kier molecular flexibility index (Phi) is 9.61. The van der Waals surface area contributed by atoms with Gasteiger partial charge in [-0.25, -0.2) is 0 Å². The van der Waals surface area contributed by atoms with E-state index >= 15 is 0 Å². The second kappa shape index (κ2) is 11.7. The highest BCUT2D eigenvalue weighted by Gasteiger charge is 2.36. The molecule has 2 fully saturated rings. The van der Waals surface area contributed by atoms with Gasteiger partial charge in [-0.2, -0.15) is 26.4 Å². The minimum atomic E-state index is -4.44. The van der Waals surface area contributed by atoms with Crippen LogP contribution in [0.3, 0.4) is 0 Å². The zero-order valence-electron chi connectivity index (χ0n) is 16.5. The Balaban J connectivity index is 0.000000735. The van der Waals surface area contributed by atoms with Gasteiger partial charge in [0.05, 0.1) is 11.3 Å². The van der Waals surface area contributed by atoms with Crippen LogP contribution >= 0.6 is 11.6 Å². The average molecular weight is 467 g/mol. The Morgan fingerprint density at radius 1 is 1.03 bits per heavy atom. The first-order chi connectivity index (χ1) is 14.2. The molecular formula is C20H26ClF3N2O3S. The van der Waals surface area contributed by atoms with Gasteiger partial charge in [0.15, 0.2) is 0 Å². The summed E-state index contributed by atoms with van der Waals surface area (Å²) in [6.07, 6.45) is 5.59. The quantitative estimate of drug-likeness (QED) is 0.400. The van der Waals surface area contributed by atoms with Crippen LogP contribution in [0.15, 0.2) is 23.4 Å². The molecule has 3 rings (SSSR count). The van der Waals surface area contributed by atoms with Crippen LogP contribution < -0.4 is 0 Å². The normalized spacial score (nSPS) is 19.0. The predicted molar refractivity (Wildman–Crippen MR) is 109 cm³/mol. The van der Waals surface area contributed by atoms with Crippen LogP contribution in [0, 0.1) is 10.7 Å². The fraction of sp³-hybridized carbons (Fsp3) is 0.650. The Labute approximate surface area is 181 Å². The van der Waals surface area contributed by atoms with Gasteiger partial charge in [-0.3, -0.25) is 0 Å². The third-order valence-electron chi connectivity index (χ3n) is 5.41. The molecule has 0 saturated heterocycles. The van der Waals surface area contributed by atoms with Gasteiger partial charge in [-0.1, -0.05) is 42.4 Å². The van der Waals surface area contributed by atoms with Crippen molar-refractivity contribution in [2.24, 2.45) is 11.1 Å². The van der Waals surface area contributed by atoms with Gasteiger partial charge in [0.25, 0.3) is 0 Å². The van der Waals surface area contributed by atoms with E-state index in [1.54, 1.807) is 0 Å². The molecule has 1 aromatic rings. The molecule has 0 unspecified atom stereocenters. The van der Waals surface area contributed by atoms with E-state index in [1.807, 2.05) is 0 Å². The van der Waals surface area contributed by atoms with Gasteiger partial charge in [-0.05, 0) is 56.7 Å². The zero-order valence-corrected chi connectivity index (χ0v) is 18.1. The van der Waals surface area contributed by atoms with Crippen molar-refractivity contribution in [1.29, 1.82) is 4.78 Å². The van der Waals surface area contributed by atoms with Crippen molar-refractivity contribution in [3.8, 4) is 0 Å².